The minimum absolute atomic E-state index is 0.183. The van der Waals surface area contributed by atoms with Crippen molar-refractivity contribution in [1.82, 2.24) is 10.2 Å². The Balaban J connectivity index is 1.87. The van der Waals surface area contributed by atoms with Crippen molar-refractivity contribution in [2.75, 3.05) is 19.7 Å². The number of carbonyl (C=O) groups is 1. The lowest BCUT2D eigenvalue weighted by Gasteiger charge is -2.22. The van der Waals surface area contributed by atoms with Gasteiger partial charge in [-0.05, 0) is 26.3 Å². The van der Waals surface area contributed by atoms with Crippen LogP contribution in [-0.2, 0) is 11.3 Å². The normalized spacial score (nSPS) is 16.3. The molecule has 1 amide bonds. The van der Waals surface area contributed by atoms with Crippen LogP contribution < -0.4 is 10.1 Å². The predicted molar refractivity (Wildman–Crippen MR) is 81.4 cm³/mol. The van der Waals surface area contributed by atoms with Gasteiger partial charge in [0.2, 0.25) is 5.91 Å². The second kappa shape index (κ2) is 7.31. The zero-order valence-electron chi connectivity index (χ0n) is 12.8. The molecular formula is C16H24N2O3. The molecule has 1 unspecified atom stereocenters. The molecule has 1 atom stereocenters. The number of phenolic OH excluding ortho intramolecular Hbond substituents is 1. The maximum atomic E-state index is 11.6. The highest BCUT2D eigenvalue weighted by atomic mass is 16.5. The minimum Gasteiger partial charge on any atom is -0.504 e. The fourth-order valence-electron chi connectivity index (χ4n) is 2.56. The van der Waals surface area contributed by atoms with Crippen molar-refractivity contribution in [3.63, 3.8) is 0 Å². The first kappa shape index (κ1) is 15.6. The van der Waals surface area contributed by atoms with Crippen molar-refractivity contribution in [3.8, 4) is 11.5 Å². The van der Waals surface area contributed by atoms with E-state index >= 15 is 0 Å². The maximum Gasteiger partial charge on any atom is 0.222 e. The van der Waals surface area contributed by atoms with Gasteiger partial charge in [-0.25, -0.2) is 0 Å². The molecule has 1 heterocycles. The number of ether oxygens (including phenoxy) is 1. The van der Waals surface area contributed by atoms with Gasteiger partial charge in [0.25, 0.3) is 0 Å². The van der Waals surface area contributed by atoms with Crippen molar-refractivity contribution in [3.05, 3.63) is 23.8 Å². The average molecular weight is 292 g/mol. The van der Waals surface area contributed by atoms with Gasteiger partial charge in [-0.15, -0.1) is 0 Å². The van der Waals surface area contributed by atoms with E-state index < -0.39 is 0 Å². The van der Waals surface area contributed by atoms with Crippen molar-refractivity contribution < 1.29 is 14.6 Å². The molecule has 0 aromatic heterocycles. The fraction of sp³-hybridized carbons (Fsp3) is 0.562. The van der Waals surface area contributed by atoms with Crippen LogP contribution in [0.4, 0.5) is 0 Å². The molecule has 0 radical (unpaired) electrons. The minimum atomic E-state index is 0.183. The molecule has 1 saturated heterocycles. The van der Waals surface area contributed by atoms with E-state index in [0.29, 0.717) is 31.9 Å². The third-order valence-electron chi connectivity index (χ3n) is 3.69. The molecule has 0 spiro atoms. The van der Waals surface area contributed by atoms with Gasteiger partial charge in [0.05, 0.1) is 6.61 Å². The highest BCUT2D eigenvalue weighted by Gasteiger charge is 2.21. The molecule has 1 aromatic carbocycles. The topological polar surface area (TPSA) is 61.8 Å². The van der Waals surface area contributed by atoms with Gasteiger partial charge in [0, 0.05) is 37.7 Å². The van der Waals surface area contributed by atoms with Crippen LogP contribution in [0.5, 0.6) is 11.5 Å². The summed E-state index contributed by atoms with van der Waals surface area (Å²) >= 11 is 0. The van der Waals surface area contributed by atoms with Crippen LogP contribution in [0.25, 0.3) is 0 Å². The maximum absolute atomic E-state index is 11.6. The first-order valence-electron chi connectivity index (χ1n) is 7.56. The van der Waals surface area contributed by atoms with E-state index in [1.165, 1.54) is 0 Å². The summed E-state index contributed by atoms with van der Waals surface area (Å²) in [7, 11) is 0. The number of hydrogen-bond donors (Lipinski definition) is 2. The van der Waals surface area contributed by atoms with Gasteiger partial charge in [-0.1, -0.05) is 12.1 Å². The van der Waals surface area contributed by atoms with Crippen LogP contribution in [0, 0.1) is 0 Å². The van der Waals surface area contributed by atoms with Crippen LogP contribution in [-0.4, -0.2) is 41.7 Å². The number of para-hydroxylation sites is 1. The van der Waals surface area contributed by atoms with Crippen LogP contribution in [0.2, 0.25) is 0 Å². The number of nitrogens with one attached hydrogen (secondary N) is 1. The molecule has 1 aliphatic rings. The Hall–Kier alpha value is -1.75. The molecular weight excluding hydrogens is 268 g/mol. The molecule has 1 aromatic rings. The Morgan fingerprint density at radius 2 is 2.29 bits per heavy atom. The van der Waals surface area contributed by atoms with Crippen LogP contribution in [0.1, 0.15) is 32.3 Å². The predicted octanol–water partition coefficient (Wildman–Crippen LogP) is 1.89. The van der Waals surface area contributed by atoms with Gasteiger partial charge in [-0.3, -0.25) is 4.79 Å². The van der Waals surface area contributed by atoms with Crippen LogP contribution in [0.15, 0.2) is 18.2 Å². The lowest BCUT2D eigenvalue weighted by Crippen LogP contribution is -2.39. The zero-order valence-corrected chi connectivity index (χ0v) is 12.8. The smallest absolute Gasteiger partial charge is 0.222 e. The van der Waals surface area contributed by atoms with E-state index in [1.54, 1.807) is 6.07 Å². The van der Waals surface area contributed by atoms with Gasteiger partial charge in [0.1, 0.15) is 0 Å². The lowest BCUT2D eigenvalue weighted by atomic mass is 10.1. The lowest BCUT2D eigenvalue weighted by molar-refractivity contribution is -0.127. The molecule has 0 aliphatic carbocycles. The molecule has 0 bridgehead atoms. The van der Waals surface area contributed by atoms with Crippen molar-refractivity contribution in [2.45, 2.75) is 39.3 Å². The third kappa shape index (κ3) is 4.11. The first-order valence-corrected chi connectivity index (χ1v) is 7.56. The van der Waals surface area contributed by atoms with E-state index in [4.69, 9.17) is 4.74 Å². The van der Waals surface area contributed by atoms with E-state index in [-0.39, 0.29) is 17.7 Å². The Morgan fingerprint density at radius 1 is 1.48 bits per heavy atom. The summed E-state index contributed by atoms with van der Waals surface area (Å²) in [6, 6.07) is 5.69. The Bertz CT molecular complexity index is 490. The van der Waals surface area contributed by atoms with E-state index in [0.717, 1.165) is 18.5 Å². The summed E-state index contributed by atoms with van der Waals surface area (Å²) in [4.78, 5) is 13.5. The van der Waals surface area contributed by atoms with E-state index in [9.17, 15) is 9.90 Å². The quantitative estimate of drug-likeness (QED) is 0.805. The summed E-state index contributed by atoms with van der Waals surface area (Å²) in [5.74, 6) is 0.945. The highest BCUT2D eigenvalue weighted by Crippen LogP contribution is 2.29. The summed E-state index contributed by atoms with van der Waals surface area (Å²) in [6.07, 6.45) is 1.63. The number of hydrogen-bond acceptors (Lipinski definition) is 4. The van der Waals surface area contributed by atoms with Crippen LogP contribution in [0.3, 0.4) is 0 Å². The number of aromatic hydroxyl groups is 1. The van der Waals surface area contributed by atoms with Gasteiger partial charge in [-0.2, -0.15) is 0 Å². The number of phenols is 1. The number of amides is 1. The molecule has 0 saturated carbocycles. The van der Waals surface area contributed by atoms with E-state index in [1.807, 2.05) is 24.0 Å². The molecule has 1 aliphatic heterocycles. The summed E-state index contributed by atoms with van der Waals surface area (Å²) in [5, 5.41) is 13.5. The Kier molecular flexibility index (Phi) is 5.44. The van der Waals surface area contributed by atoms with E-state index in [2.05, 4.69) is 12.2 Å². The molecule has 1 fully saturated rings. The Morgan fingerprint density at radius 3 is 2.95 bits per heavy atom. The van der Waals surface area contributed by atoms with Gasteiger partial charge < -0.3 is 20.1 Å². The highest BCUT2D eigenvalue weighted by molar-refractivity contribution is 5.78. The van der Waals surface area contributed by atoms with Crippen molar-refractivity contribution in [1.29, 1.82) is 0 Å². The molecule has 2 rings (SSSR count). The zero-order chi connectivity index (χ0) is 15.2. The number of benzene rings is 1. The molecule has 116 valence electrons. The molecule has 5 nitrogen and oxygen atoms in total. The number of nitrogens with zero attached hydrogens (tertiary/aromatic N) is 1. The van der Waals surface area contributed by atoms with Crippen LogP contribution >= 0.6 is 0 Å². The second-order valence-corrected chi connectivity index (χ2v) is 5.42. The SMILES string of the molecule is CCOc1cccc(CNC(C)CN2CCCC2=O)c1O. The molecule has 2 N–H and O–H groups in total. The van der Waals surface area contributed by atoms with Gasteiger partial charge >= 0.3 is 0 Å². The summed E-state index contributed by atoms with van der Waals surface area (Å²) in [6.45, 7) is 6.59. The number of carbonyl (C=O) groups excluding carboxylic acids is 1. The number of rotatable bonds is 7. The van der Waals surface area contributed by atoms with Crippen molar-refractivity contribution >= 4 is 5.91 Å². The fourth-order valence-corrected chi connectivity index (χ4v) is 2.56. The van der Waals surface area contributed by atoms with Crippen molar-refractivity contribution in [2.24, 2.45) is 0 Å². The Labute approximate surface area is 125 Å². The number of likely N-dealkylation sites (tertiary alicyclic amines) is 1. The largest absolute Gasteiger partial charge is 0.504 e. The summed E-state index contributed by atoms with van der Waals surface area (Å²) in [5.41, 5.74) is 0.806. The summed E-state index contributed by atoms with van der Waals surface area (Å²) < 4.78 is 5.38. The monoisotopic (exact) mass is 292 g/mol. The average Bonchev–Trinajstić information content (AvgIpc) is 2.85. The second-order valence-electron chi connectivity index (χ2n) is 5.42. The molecule has 21 heavy (non-hydrogen) atoms. The third-order valence-corrected chi connectivity index (χ3v) is 3.69. The van der Waals surface area contributed by atoms with Gasteiger partial charge in [0.15, 0.2) is 11.5 Å². The standard InChI is InChI=1S/C16H24N2O3/c1-3-21-14-7-4-6-13(16(14)20)10-17-12(2)11-18-9-5-8-15(18)19/h4,6-7,12,17,20H,3,5,8-11H2,1-2H3. The first-order chi connectivity index (χ1) is 10.1. The molecule has 5 heteroatoms.